The van der Waals surface area contributed by atoms with Gasteiger partial charge in [-0.05, 0) is 0 Å². The monoisotopic (exact) mass is 226 g/mol. The van der Waals surface area contributed by atoms with E-state index in [-0.39, 0.29) is 19.5 Å². The minimum Gasteiger partial charge on any atom is -0.529 e. The maximum atomic E-state index is 8.71. The van der Waals surface area contributed by atoms with Crippen LogP contribution < -0.4 is 0 Å². The molecule has 0 aliphatic heterocycles. The van der Waals surface area contributed by atoms with Gasteiger partial charge in [0.15, 0.2) is 0 Å². The van der Waals surface area contributed by atoms with Crippen molar-refractivity contribution in [2.75, 3.05) is 0 Å². The molecule has 11 heavy (non-hydrogen) atoms. The number of hydrogen-bond donors (Lipinski definition) is 6. The van der Waals surface area contributed by atoms with Crippen molar-refractivity contribution < 1.29 is 61.0 Å². The van der Waals surface area contributed by atoms with Gasteiger partial charge >= 0.3 is 0 Å². The Morgan fingerprint density at radius 2 is 0.636 bits per heavy atom. The first-order chi connectivity index (χ1) is 4.00. The number of hydrogen-bond acceptors (Lipinski definition) is 8. The molecule has 0 amide bonds. The van der Waals surface area contributed by atoms with Crippen molar-refractivity contribution in [3.63, 3.8) is 0 Å². The largest absolute Gasteiger partial charge is 0.529 e. The van der Waals surface area contributed by atoms with E-state index in [4.69, 9.17) is 41.7 Å². The third kappa shape index (κ3) is 13900. The predicted octanol–water partition coefficient (Wildman–Crippen LogP) is -1.07. The van der Waals surface area contributed by atoms with Crippen molar-refractivity contribution in [1.29, 1.82) is 0 Å². The van der Waals surface area contributed by atoms with Gasteiger partial charge < -0.3 is 10.4 Å². The van der Waals surface area contributed by atoms with Crippen molar-refractivity contribution in [3.8, 4) is 0 Å². The molecule has 0 aliphatic rings. The Kier molecular flexibility index (Phi) is 9.18. The Hall–Kier alpha value is 0.223. The molecule has 66 valence electrons. The van der Waals surface area contributed by atoms with Crippen LogP contribution >= 0.6 is 0 Å². The fraction of sp³-hybridized carbons (Fsp3) is 0. The Balaban J connectivity index is -0.000000107. The summed E-state index contributed by atoms with van der Waals surface area (Å²) in [7, 11) is 0. The van der Waals surface area contributed by atoms with E-state index in [0.29, 0.717) is 0 Å². The first-order valence-corrected chi connectivity index (χ1v) is 1.57. The molecular weight excluding hydrogens is 221 g/mol. The second-order valence-electron chi connectivity index (χ2n) is 1.03. The van der Waals surface area contributed by atoms with E-state index in [2.05, 4.69) is 0 Å². The van der Waals surface area contributed by atoms with Gasteiger partial charge in [0, 0.05) is 19.5 Å². The second kappa shape index (κ2) is 5.82. The van der Waals surface area contributed by atoms with Crippen LogP contribution in [0.1, 0.15) is 0 Å². The fourth-order valence-electron chi connectivity index (χ4n) is 0. The van der Waals surface area contributed by atoms with Crippen LogP contribution in [0, 0.1) is 10.4 Å². The van der Waals surface area contributed by atoms with E-state index in [1.54, 1.807) is 0 Å². The molecule has 0 spiro atoms. The van der Waals surface area contributed by atoms with Crippen LogP contribution in [0.3, 0.4) is 0 Å². The molecule has 0 unspecified atom stereocenters. The van der Waals surface area contributed by atoms with Crippen LogP contribution in [0.5, 0.6) is 0 Å². The summed E-state index contributed by atoms with van der Waals surface area (Å²) in [6.45, 7) is 0. The number of nitrogens with zero attached hydrogens (tertiary/aromatic N) is 2. The summed E-state index contributed by atoms with van der Waals surface area (Å²) >= 11 is 0. The summed E-state index contributed by atoms with van der Waals surface area (Å²) in [4.78, 5) is 0. The molecule has 0 saturated carbocycles. The third-order valence-corrected chi connectivity index (χ3v) is 0. The average molecular weight is 227 g/mol. The molecule has 0 aliphatic carbocycles. The number of rotatable bonds is 0. The van der Waals surface area contributed by atoms with Crippen LogP contribution in [-0.4, -0.2) is 41.5 Å². The zero-order chi connectivity index (χ0) is 9.00. The van der Waals surface area contributed by atoms with Gasteiger partial charge in [-0.25, -0.2) is 0 Å². The molecular formula is H6N2O8Zn. The Bertz CT molecular complexity index is 55.1. The topological polar surface area (TPSA) is 168 Å². The summed E-state index contributed by atoms with van der Waals surface area (Å²) in [6, 6.07) is 0. The molecule has 0 aromatic heterocycles. The van der Waals surface area contributed by atoms with Gasteiger partial charge in [0.2, 0.25) is 0 Å². The van der Waals surface area contributed by atoms with Gasteiger partial charge in [0.05, 0.1) is 10.3 Å². The molecule has 0 rings (SSSR count). The van der Waals surface area contributed by atoms with Crippen molar-refractivity contribution >= 4 is 0 Å². The molecule has 0 saturated heterocycles. The minimum absolute atomic E-state index is 0. The first-order valence-electron chi connectivity index (χ1n) is 1.57. The smallest absolute Gasteiger partial charge is 0.0686 e. The molecule has 0 heterocycles. The Morgan fingerprint density at radius 1 is 0.636 bits per heavy atom. The van der Waals surface area contributed by atoms with E-state index in [9.17, 15) is 0 Å². The summed E-state index contributed by atoms with van der Waals surface area (Å²) in [6.07, 6.45) is 0. The zero-order valence-electron chi connectivity index (χ0n) is 5.10. The standard InChI is InChI=1S/2H3NO4.Zn/c2*2-1(3,4)5;/h2*2-4H;. The molecule has 10 nitrogen and oxygen atoms in total. The molecule has 0 aromatic carbocycles. The molecule has 0 aromatic rings. The van der Waals surface area contributed by atoms with Crippen LogP contribution in [0.15, 0.2) is 0 Å². The summed E-state index contributed by atoms with van der Waals surface area (Å²) in [5.41, 5.74) is 0. The fourth-order valence-corrected chi connectivity index (χ4v) is 0. The van der Waals surface area contributed by atoms with E-state index < -0.39 is 10.3 Å². The molecule has 0 radical (unpaired) electrons. The average Bonchev–Trinajstić information content (AvgIpc) is 1.12. The molecule has 11 heteroatoms. The molecule has 0 fully saturated rings. The maximum absolute atomic E-state index is 8.71. The van der Waals surface area contributed by atoms with Crippen molar-refractivity contribution in [1.82, 2.24) is 0 Å². The normalized spacial score (nSPS) is 10.9. The van der Waals surface area contributed by atoms with Gasteiger partial charge in [-0.3, -0.25) is 0 Å². The van der Waals surface area contributed by atoms with Crippen molar-refractivity contribution in [2.45, 2.75) is 0 Å². The van der Waals surface area contributed by atoms with Gasteiger partial charge in [-0.2, -0.15) is 0 Å². The van der Waals surface area contributed by atoms with Gasteiger partial charge in [0.1, 0.15) is 0 Å². The van der Waals surface area contributed by atoms with Crippen LogP contribution in [0.25, 0.3) is 0 Å². The van der Waals surface area contributed by atoms with Gasteiger partial charge in [-0.1, -0.05) is 0 Å². The van der Waals surface area contributed by atoms with E-state index in [1.165, 1.54) is 0 Å². The summed E-state index contributed by atoms with van der Waals surface area (Å²) < 4.78 is 0. The van der Waals surface area contributed by atoms with E-state index in [0.717, 1.165) is 0 Å². The van der Waals surface area contributed by atoms with Gasteiger partial charge in [0.25, 0.3) is 0 Å². The van der Waals surface area contributed by atoms with Crippen molar-refractivity contribution in [3.05, 3.63) is 10.4 Å². The van der Waals surface area contributed by atoms with Crippen LogP contribution in [-0.2, 0) is 19.5 Å². The van der Waals surface area contributed by atoms with E-state index >= 15 is 0 Å². The quantitative estimate of drug-likeness (QED) is 0.173. The molecule has 6 N–H and O–H groups in total. The third-order valence-electron chi connectivity index (χ3n) is 0. The SMILES string of the molecule is [O-][N+](O)(O)O.[O-][N+](O)(O)O.[Zn]. The summed E-state index contributed by atoms with van der Waals surface area (Å²) in [5.74, 6) is 0. The first kappa shape index (κ1) is 17.3. The van der Waals surface area contributed by atoms with Crippen LogP contribution in [0.4, 0.5) is 0 Å². The van der Waals surface area contributed by atoms with Crippen molar-refractivity contribution in [2.24, 2.45) is 0 Å². The summed E-state index contributed by atoms with van der Waals surface area (Å²) in [5, 5.41) is 53.0. The van der Waals surface area contributed by atoms with Gasteiger partial charge in [-0.15, -0.1) is 31.2 Å². The Morgan fingerprint density at radius 3 is 0.636 bits per heavy atom. The molecule has 0 atom stereocenters. The zero-order valence-corrected chi connectivity index (χ0v) is 8.07. The minimum atomic E-state index is -3.25. The molecule has 0 bridgehead atoms. The predicted molar refractivity (Wildman–Crippen MR) is 18.0 cm³/mol. The maximum Gasteiger partial charge on any atom is 0.0686 e. The second-order valence-corrected chi connectivity index (χ2v) is 1.03. The number of quaternary nitrogens is 2. The van der Waals surface area contributed by atoms with E-state index in [1.807, 2.05) is 0 Å². The Labute approximate surface area is 72.2 Å². The van der Waals surface area contributed by atoms with Crippen LogP contribution in [0.2, 0.25) is 0 Å².